The molecule has 4 aromatic carbocycles. The molecule has 2 aliphatic rings. The molecule has 4 nitrogen and oxygen atoms in total. The maximum Gasteiger partial charge on any atom is 2.00 e. The molecule has 7 aromatic rings. The van der Waals surface area contributed by atoms with E-state index in [-0.39, 0.29) is 60.4 Å². The van der Waals surface area contributed by atoms with Crippen molar-refractivity contribution in [2.24, 2.45) is 0 Å². The van der Waals surface area contributed by atoms with Crippen LogP contribution >= 0.6 is 0 Å². The molecule has 5 heteroatoms. The number of nitrogens with zero attached hydrogens (tertiary/aromatic N) is 4. The third-order valence-corrected chi connectivity index (χ3v) is 16.4. The van der Waals surface area contributed by atoms with Gasteiger partial charge in [0.15, 0.2) is 0 Å². The molecule has 9 rings (SSSR count). The molecule has 0 unspecified atom stereocenters. The zero-order valence-electron chi connectivity index (χ0n) is 53.6. The maximum absolute atomic E-state index is 5.83. The maximum atomic E-state index is 5.83. The predicted octanol–water partition coefficient (Wildman–Crippen LogP) is 21.0. The summed E-state index contributed by atoms with van der Waals surface area (Å²) in [5.74, 6) is 0. The van der Waals surface area contributed by atoms with Gasteiger partial charge in [-0.1, -0.05) is 263 Å². The van der Waals surface area contributed by atoms with Crippen molar-refractivity contribution in [3.8, 4) is 44.5 Å². The molecule has 0 saturated heterocycles. The van der Waals surface area contributed by atoms with Crippen molar-refractivity contribution in [2.75, 3.05) is 0 Å². The van der Waals surface area contributed by atoms with E-state index in [4.69, 9.17) is 19.9 Å². The average molecular weight is 1130 g/mol. The van der Waals surface area contributed by atoms with Crippen LogP contribution < -0.4 is 9.97 Å². The van der Waals surface area contributed by atoms with Crippen LogP contribution in [-0.4, -0.2) is 9.97 Å². The van der Waals surface area contributed by atoms with Crippen LogP contribution in [0.1, 0.15) is 233 Å². The van der Waals surface area contributed by atoms with Gasteiger partial charge < -0.3 is 9.97 Å². The minimum atomic E-state index is -0.113. The summed E-state index contributed by atoms with van der Waals surface area (Å²) in [7, 11) is 0. The summed E-state index contributed by atoms with van der Waals surface area (Å²) in [5, 5.41) is 0. The Bertz CT molecular complexity index is 3200. The zero-order chi connectivity index (χ0) is 58.8. The Morgan fingerprint density at radius 1 is 0.235 bits per heavy atom. The molecule has 1 radical (unpaired) electrons. The fourth-order valence-corrected chi connectivity index (χ4v) is 10.8. The number of fused-ring (bicyclic) bond motifs is 8. The van der Waals surface area contributed by atoms with Crippen LogP contribution in [0.25, 0.3) is 90.9 Å². The van der Waals surface area contributed by atoms with Crippen LogP contribution in [0.3, 0.4) is 0 Å². The van der Waals surface area contributed by atoms with E-state index in [1.165, 1.54) is 44.5 Å². The Labute approximate surface area is 498 Å². The summed E-state index contributed by atoms with van der Waals surface area (Å²) in [6, 6.07) is 37.6. The third kappa shape index (κ3) is 12.7. The smallest absolute Gasteiger partial charge is 0.657 e. The molecule has 427 valence electrons. The summed E-state index contributed by atoms with van der Waals surface area (Å²) in [5.41, 5.74) is 24.7. The second-order valence-electron chi connectivity index (χ2n) is 31.6. The van der Waals surface area contributed by atoms with Crippen LogP contribution in [0, 0.1) is 0 Å². The topological polar surface area (TPSA) is 54.0 Å². The van der Waals surface area contributed by atoms with Gasteiger partial charge in [-0.25, -0.2) is 9.97 Å². The predicted molar refractivity (Wildman–Crippen MR) is 348 cm³/mol. The Morgan fingerprint density at radius 2 is 0.383 bits per heavy atom. The van der Waals surface area contributed by atoms with Gasteiger partial charge >= 0.3 is 17.1 Å². The van der Waals surface area contributed by atoms with Gasteiger partial charge in [0, 0.05) is 0 Å². The summed E-state index contributed by atoms with van der Waals surface area (Å²) in [4.78, 5) is 23.3. The van der Waals surface area contributed by atoms with Gasteiger partial charge in [0.25, 0.3) is 0 Å². The fraction of sp³-hybridized carbons (Fsp3) is 0.421. The SMILES string of the molecule is CC(C)(C)c1cc(-c2c3nc(c(-c4cc(C(C)(C)C)cc(C(C)(C)C)c4)c4ccc([n-]4)c(-c4cc(C(C)(C)C)cc(C(C)(C)C)c4)c4nc(c(-c5cc(C(C)(C)C)cc(C(C)(C)C)c5)c5ccc2[n-]5)C=C4)C=C3)cc(C(C)(C)C)c1.[Cu+2]. The molecule has 5 heterocycles. The molecule has 3 aromatic heterocycles. The number of hydrogen-bond acceptors (Lipinski definition) is 2. The first-order valence-electron chi connectivity index (χ1n) is 29.4. The van der Waals surface area contributed by atoms with E-state index < -0.39 is 0 Å². The summed E-state index contributed by atoms with van der Waals surface area (Å²) < 4.78 is 0. The van der Waals surface area contributed by atoms with E-state index in [1.807, 2.05) is 0 Å². The van der Waals surface area contributed by atoms with Gasteiger partial charge in [-0.2, -0.15) is 0 Å². The second-order valence-corrected chi connectivity index (χ2v) is 31.6. The van der Waals surface area contributed by atoms with Crippen molar-refractivity contribution < 1.29 is 17.1 Å². The van der Waals surface area contributed by atoms with Crippen LogP contribution in [0.5, 0.6) is 0 Å². The van der Waals surface area contributed by atoms with Crippen LogP contribution in [0.2, 0.25) is 0 Å². The van der Waals surface area contributed by atoms with Crippen LogP contribution in [0.4, 0.5) is 0 Å². The molecule has 0 amide bonds. The number of rotatable bonds is 4. The molecule has 0 spiro atoms. The minimum Gasteiger partial charge on any atom is -0.657 e. The van der Waals surface area contributed by atoms with Crippen molar-refractivity contribution in [3.63, 3.8) is 0 Å². The Kier molecular flexibility index (Phi) is 15.6. The van der Waals surface area contributed by atoms with E-state index in [0.717, 1.165) is 89.4 Å². The molecule has 0 atom stereocenters. The molecule has 81 heavy (non-hydrogen) atoms. The van der Waals surface area contributed by atoms with E-state index in [2.05, 4.69) is 288 Å². The molecular weight excluding hydrogens is 1030 g/mol. The molecule has 0 N–H and O–H groups in total. The first kappa shape index (κ1) is 61.1. The number of benzene rings is 4. The normalized spacial score (nSPS) is 13.7. The third-order valence-electron chi connectivity index (χ3n) is 16.4. The molecule has 8 bridgehead atoms. The Morgan fingerprint density at radius 3 is 0.519 bits per heavy atom. The van der Waals surface area contributed by atoms with Gasteiger partial charge in [0.1, 0.15) is 0 Å². The molecule has 0 saturated carbocycles. The van der Waals surface area contributed by atoms with Crippen LogP contribution in [-0.2, 0) is 60.4 Å². The Hall–Kier alpha value is -6.00. The second kappa shape index (κ2) is 20.7. The summed E-state index contributed by atoms with van der Waals surface area (Å²) >= 11 is 0. The fourth-order valence-electron chi connectivity index (χ4n) is 10.8. The number of hydrogen-bond donors (Lipinski definition) is 0. The molecular formula is C76H92CuN4. The molecule has 2 aliphatic heterocycles. The van der Waals surface area contributed by atoms with Gasteiger partial charge in [-0.15, -0.1) is 22.1 Å². The zero-order valence-corrected chi connectivity index (χ0v) is 54.6. The summed E-state index contributed by atoms with van der Waals surface area (Å²) in [6.07, 6.45) is 8.89. The van der Waals surface area contributed by atoms with Gasteiger partial charge in [0.05, 0.1) is 22.8 Å². The van der Waals surface area contributed by atoms with E-state index in [9.17, 15) is 0 Å². The minimum absolute atomic E-state index is 0. The van der Waals surface area contributed by atoms with Gasteiger partial charge in [0.2, 0.25) is 0 Å². The van der Waals surface area contributed by atoms with Gasteiger partial charge in [-0.3, -0.25) is 0 Å². The van der Waals surface area contributed by atoms with Gasteiger partial charge in [-0.05, 0) is 157 Å². The molecule has 0 fully saturated rings. The first-order chi connectivity index (χ1) is 36.6. The first-order valence-corrected chi connectivity index (χ1v) is 29.4. The van der Waals surface area contributed by atoms with Crippen molar-refractivity contribution in [1.82, 2.24) is 19.9 Å². The average Bonchev–Trinajstić information content (AvgIpc) is 4.17. The van der Waals surface area contributed by atoms with E-state index >= 15 is 0 Å². The monoisotopic (exact) mass is 1120 g/mol. The number of aromatic nitrogens is 4. The van der Waals surface area contributed by atoms with Crippen LogP contribution in [0.15, 0.2) is 97.1 Å². The summed E-state index contributed by atoms with van der Waals surface area (Å²) in [6.45, 7) is 55.5. The largest absolute Gasteiger partial charge is 2.00 e. The molecule has 0 aliphatic carbocycles. The Balaban J connectivity index is 0.00000860. The quantitative estimate of drug-likeness (QED) is 0.165. The van der Waals surface area contributed by atoms with E-state index in [1.54, 1.807) is 0 Å². The van der Waals surface area contributed by atoms with E-state index in [0.29, 0.717) is 0 Å². The van der Waals surface area contributed by atoms with Crippen molar-refractivity contribution in [3.05, 3.63) is 164 Å². The van der Waals surface area contributed by atoms with Crippen molar-refractivity contribution in [2.45, 2.75) is 209 Å². The van der Waals surface area contributed by atoms with Crippen molar-refractivity contribution >= 4 is 46.4 Å². The standard InChI is InChI=1S/C76H92N4.Cu/c1-69(2,3)49-33-45(34-50(41-49)70(4,5)6)65-57-25-27-59(77-57)66(46-35-51(71(7,8)9)42-52(36-46)72(10,11)12)61-29-31-63(79-61)68(48-39-55(75(19,20)21)44-56(40-48)76(22,23)24)64-32-30-62(80-64)67(60-28-26-58(65)78-60)47-37-53(73(13,14)15)43-54(38-47)74(16,17)18;/h25-44H,1-24H3;/q-2;+2. The van der Waals surface area contributed by atoms with Crippen molar-refractivity contribution in [1.29, 1.82) is 0 Å².